The van der Waals surface area contributed by atoms with Crippen LogP contribution in [0.3, 0.4) is 0 Å². The van der Waals surface area contributed by atoms with E-state index in [0.717, 1.165) is 25.0 Å². The van der Waals surface area contributed by atoms with Gasteiger partial charge in [-0.2, -0.15) is 13.2 Å². The third-order valence-electron chi connectivity index (χ3n) is 3.39. The van der Waals surface area contributed by atoms with Crippen LogP contribution in [0.1, 0.15) is 25.7 Å². The molecule has 21 heavy (non-hydrogen) atoms. The Labute approximate surface area is 121 Å². The molecule has 0 aliphatic heterocycles. The van der Waals surface area contributed by atoms with Gasteiger partial charge in [-0.3, -0.25) is 4.79 Å². The highest BCUT2D eigenvalue weighted by atomic mass is 32.2. The van der Waals surface area contributed by atoms with Crippen molar-refractivity contribution in [2.75, 3.05) is 5.32 Å². The second kappa shape index (κ2) is 5.76. The molecule has 1 aliphatic carbocycles. The Morgan fingerprint density at radius 2 is 1.71 bits per heavy atom. The molecule has 4 nitrogen and oxygen atoms in total. The molecule has 116 valence electrons. The molecule has 2 rings (SSSR count). The Balaban J connectivity index is 2.06. The summed E-state index contributed by atoms with van der Waals surface area (Å²) in [6.45, 7) is 0. The Hall–Kier alpha value is -1.41. The molecule has 1 amide bonds. The topological polar surface area (TPSA) is 66.4 Å². The van der Waals surface area contributed by atoms with E-state index in [1.54, 1.807) is 0 Å². The predicted octanol–water partition coefficient (Wildman–Crippen LogP) is 2.56. The van der Waals surface area contributed by atoms with E-state index in [1.165, 1.54) is 12.1 Å². The number of carbonyl (C=O) groups excluding carboxylic acids is 1. The number of anilines is 1. The van der Waals surface area contributed by atoms with Gasteiger partial charge in [-0.25, -0.2) is 4.21 Å². The number of rotatable bonds is 3. The fourth-order valence-electron chi connectivity index (χ4n) is 2.23. The zero-order valence-corrected chi connectivity index (χ0v) is 11.8. The first-order valence-electron chi connectivity index (χ1n) is 6.35. The van der Waals surface area contributed by atoms with E-state index in [2.05, 4.69) is 5.32 Å². The standard InChI is InChI=1S/C13H14F3NO3S/c14-13(15,16)21(20)10-5-3-9(4-6-10)17-11(18)12(19)7-1-2-8-12/h3-6,19H,1-2,7-8H2,(H,17,18). The molecule has 1 unspecified atom stereocenters. The monoisotopic (exact) mass is 321 g/mol. The van der Waals surface area contributed by atoms with Gasteiger partial charge in [0.25, 0.3) is 5.91 Å². The SMILES string of the molecule is O=C(Nc1ccc(S(=O)C(F)(F)F)cc1)C1(O)CCCC1. The number of benzene rings is 1. The van der Waals surface area contributed by atoms with Crippen molar-refractivity contribution in [3.05, 3.63) is 24.3 Å². The highest BCUT2D eigenvalue weighted by Crippen LogP contribution is 2.31. The van der Waals surface area contributed by atoms with Crippen LogP contribution in [-0.2, 0) is 15.6 Å². The lowest BCUT2D eigenvalue weighted by Crippen LogP contribution is -2.40. The van der Waals surface area contributed by atoms with E-state index in [9.17, 15) is 27.3 Å². The minimum atomic E-state index is -4.82. The third-order valence-corrected chi connectivity index (χ3v) is 4.51. The van der Waals surface area contributed by atoms with Crippen LogP contribution in [0.15, 0.2) is 29.2 Å². The van der Waals surface area contributed by atoms with E-state index in [0.29, 0.717) is 12.8 Å². The summed E-state index contributed by atoms with van der Waals surface area (Å²) >= 11 is 0. The maximum absolute atomic E-state index is 12.3. The van der Waals surface area contributed by atoms with Crippen molar-refractivity contribution in [2.24, 2.45) is 0 Å². The van der Waals surface area contributed by atoms with E-state index in [-0.39, 0.29) is 10.6 Å². The molecule has 1 aromatic carbocycles. The van der Waals surface area contributed by atoms with Crippen molar-refractivity contribution in [3.63, 3.8) is 0 Å². The molecule has 8 heteroatoms. The lowest BCUT2D eigenvalue weighted by Gasteiger charge is -2.21. The fourth-order valence-corrected chi connectivity index (χ4v) is 2.88. The molecule has 0 aromatic heterocycles. The smallest absolute Gasteiger partial charge is 0.380 e. The Kier molecular flexibility index (Phi) is 4.38. The number of alkyl halides is 3. The fraction of sp³-hybridized carbons (Fsp3) is 0.462. The maximum atomic E-state index is 12.3. The quantitative estimate of drug-likeness (QED) is 0.899. The third kappa shape index (κ3) is 3.62. The summed E-state index contributed by atoms with van der Waals surface area (Å²) in [5, 5.41) is 12.5. The van der Waals surface area contributed by atoms with Crippen LogP contribution in [-0.4, -0.2) is 26.3 Å². The van der Waals surface area contributed by atoms with Gasteiger partial charge >= 0.3 is 5.51 Å². The molecule has 0 spiro atoms. The Morgan fingerprint density at radius 1 is 1.19 bits per heavy atom. The summed E-state index contributed by atoms with van der Waals surface area (Å²) in [6, 6.07) is 4.54. The second-order valence-electron chi connectivity index (χ2n) is 4.93. The molecule has 0 bridgehead atoms. The molecule has 0 radical (unpaired) electrons. The molecule has 0 saturated heterocycles. The molecule has 1 aliphatic rings. The molecule has 1 atom stereocenters. The van der Waals surface area contributed by atoms with Crippen molar-refractivity contribution in [2.45, 2.75) is 41.7 Å². The van der Waals surface area contributed by atoms with Crippen molar-refractivity contribution < 1.29 is 27.3 Å². The molecule has 0 heterocycles. The summed E-state index contributed by atoms with van der Waals surface area (Å²) in [4.78, 5) is 11.5. The molecular weight excluding hydrogens is 307 g/mol. The molecule has 1 saturated carbocycles. The lowest BCUT2D eigenvalue weighted by molar-refractivity contribution is -0.133. The van der Waals surface area contributed by atoms with Gasteiger partial charge in [0.1, 0.15) is 5.60 Å². The number of halogens is 3. The largest absolute Gasteiger partial charge is 0.475 e. The number of hydrogen-bond acceptors (Lipinski definition) is 3. The minimum Gasteiger partial charge on any atom is -0.380 e. The predicted molar refractivity (Wildman–Crippen MR) is 71.0 cm³/mol. The van der Waals surface area contributed by atoms with E-state index in [1.807, 2.05) is 0 Å². The van der Waals surface area contributed by atoms with Crippen LogP contribution in [0.4, 0.5) is 18.9 Å². The van der Waals surface area contributed by atoms with Crippen LogP contribution in [0.5, 0.6) is 0 Å². The van der Waals surface area contributed by atoms with Gasteiger partial charge in [0.05, 0.1) is 0 Å². The molecule has 2 N–H and O–H groups in total. The minimum absolute atomic E-state index is 0.253. The zero-order valence-electron chi connectivity index (χ0n) is 10.9. The summed E-state index contributed by atoms with van der Waals surface area (Å²) < 4.78 is 48.0. The van der Waals surface area contributed by atoms with Crippen molar-refractivity contribution in [3.8, 4) is 0 Å². The van der Waals surface area contributed by atoms with Crippen molar-refractivity contribution in [1.29, 1.82) is 0 Å². The van der Waals surface area contributed by atoms with Gasteiger partial charge in [-0.1, -0.05) is 0 Å². The normalized spacial score (nSPS) is 19.2. The van der Waals surface area contributed by atoms with Crippen LogP contribution in [0.2, 0.25) is 0 Å². The number of nitrogens with one attached hydrogen (secondary N) is 1. The zero-order chi connectivity index (χ0) is 15.7. The maximum Gasteiger partial charge on any atom is 0.475 e. The van der Waals surface area contributed by atoms with Crippen LogP contribution in [0, 0.1) is 0 Å². The van der Waals surface area contributed by atoms with Gasteiger partial charge in [0.15, 0.2) is 10.8 Å². The second-order valence-corrected chi connectivity index (χ2v) is 6.40. The van der Waals surface area contributed by atoms with Gasteiger partial charge < -0.3 is 10.4 Å². The Bertz CT molecular complexity index is 551. The summed E-state index contributed by atoms with van der Waals surface area (Å²) in [6.07, 6.45) is 2.25. The van der Waals surface area contributed by atoms with Crippen molar-refractivity contribution >= 4 is 22.4 Å². The number of hydrogen-bond donors (Lipinski definition) is 2. The van der Waals surface area contributed by atoms with E-state index < -0.39 is 27.8 Å². The van der Waals surface area contributed by atoms with Gasteiger partial charge in [-0.15, -0.1) is 0 Å². The van der Waals surface area contributed by atoms with E-state index >= 15 is 0 Å². The van der Waals surface area contributed by atoms with Gasteiger partial charge in [0, 0.05) is 10.6 Å². The molecule has 1 aromatic rings. The van der Waals surface area contributed by atoms with Crippen molar-refractivity contribution in [1.82, 2.24) is 0 Å². The molecule has 1 fully saturated rings. The number of aliphatic hydroxyl groups is 1. The summed E-state index contributed by atoms with van der Waals surface area (Å²) in [5.74, 6) is -0.565. The summed E-state index contributed by atoms with van der Waals surface area (Å²) in [5.41, 5.74) is -5.97. The van der Waals surface area contributed by atoms with E-state index in [4.69, 9.17) is 0 Å². The van der Waals surface area contributed by atoms with Crippen LogP contribution >= 0.6 is 0 Å². The average molecular weight is 321 g/mol. The lowest BCUT2D eigenvalue weighted by atomic mass is 10.0. The average Bonchev–Trinajstić information content (AvgIpc) is 2.86. The highest BCUT2D eigenvalue weighted by Gasteiger charge is 2.39. The highest BCUT2D eigenvalue weighted by molar-refractivity contribution is 7.86. The van der Waals surface area contributed by atoms with Gasteiger partial charge in [-0.05, 0) is 49.9 Å². The summed E-state index contributed by atoms with van der Waals surface area (Å²) in [7, 11) is -3.09. The first-order valence-corrected chi connectivity index (χ1v) is 7.50. The first-order chi connectivity index (χ1) is 9.72. The first kappa shape index (κ1) is 16.0. The van der Waals surface area contributed by atoms with Crippen LogP contribution in [0.25, 0.3) is 0 Å². The van der Waals surface area contributed by atoms with Crippen LogP contribution < -0.4 is 5.32 Å². The van der Waals surface area contributed by atoms with Gasteiger partial charge in [0.2, 0.25) is 0 Å². The number of amides is 1. The molecular formula is C13H14F3NO3S. The number of carbonyl (C=O) groups is 1. The Morgan fingerprint density at radius 3 is 2.19 bits per heavy atom.